The SMILES string of the molecule is C=CC1=C(C(O)CC(=C)C(=O)OC)CCC1. The number of ether oxygens (including phenoxy) is 1. The van der Waals surface area contributed by atoms with Crippen molar-refractivity contribution in [2.24, 2.45) is 0 Å². The van der Waals surface area contributed by atoms with E-state index in [2.05, 4.69) is 17.9 Å². The van der Waals surface area contributed by atoms with Crippen LogP contribution in [0.1, 0.15) is 25.7 Å². The lowest BCUT2D eigenvalue weighted by Crippen LogP contribution is -2.15. The van der Waals surface area contributed by atoms with Gasteiger partial charge < -0.3 is 9.84 Å². The van der Waals surface area contributed by atoms with E-state index >= 15 is 0 Å². The third-order valence-electron chi connectivity index (χ3n) is 2.87. The Bertz CT molecular complexity index is 339. The first kappa shape index (κ1) is 12.7. The maximum absolute atomic E-state index is 11.1. The quantitative estimate of drug-likeness (QED) is 0.572. The summed E-state index contributed by atoms with van der Waals surface area (Å²) in [6, 6.07) is 0. The van der Waals surface area contributed by atoms with Crippen LogP contribution in [0, 0.1) is 0 Å². The van der Waals surface area contributed by atoms with Crippen LogP contribution in [0.5, 0.6) is 0 Å². The first-order valence-electron chi connectivity index (χ1n) is 5.38. The van der Waals surface area contributed by atoms with Crippen molar-refractivity contribution >= 4 is 5.97 Å². The Morgan fingerprint density at radius 1 is 1.62 bits per heavy atom. The van der Waals surface area contributed by atoms with Gasteiger partial charge in [-0.2, -0.15) is 0 Å². The number of aliphatic hydroxyl groups is 1. The van der Waals surface area contributed by atoms with Gasteiger partial charge in [0.1, 0.15) is 0 Å². The Morgan fingerprint density at radius 2 is 2.31 bits per heavy atom. The Balaban J connectivity index is 2.65. The number of esters is 1. The molecule has 16 heavy (non-hydrogen) atoms. The molecule has 0 aromatic carbocycles. The maximum atomic E-state index is 11.1. The van der Waals surface area contributed by atoms with Crippen LogP contribution in [-0.4, -0.2) is 24.3 Å². The van der Waals surface area contributed by atoms with Gasteiger partial charge in [-0.1, -0.05) is 19.2 Å². The van der Waals surface area contributed by atoms with Crippen LogP contribution in [0.2, 0.25) is 0 Å². The van der Waals surface area contributed by atoms with Gasteiger partial charge in [-0.25, -0.2) is 4.79 Å². The molecule has 3 nitrogen and oxygen atoms in total. The second-order valence-electron chi connectivity index (χ2n) is 3.92. The molecule has 1 rings (SSSR count). The molecule has 1 unspecified atom stereocenters. The Hall–Kier alpha value is -1.35. The molecule has 1 aliphatic rings. The van der Waals surface area contributed by atoms with Gasteiger partial charge in [0, 0.05) is 12.0 Å². The van der Waals surface area contributed by atoms with Crippen LogP contribution < -0.4 is 0 Å². The molecule has 1 N–H and O–H groups in total. The molecule has 0 heterocycles. The van der Waals surface area contributed by atoms with Crippen LogP contribution in [0.25, 0.3) is 0 Å². The largest absolute Gasteiger partial charge is 0.466 e. The molecule has 1 aliphatic carbocycles. The zero-order chi connectivity index (χ0) is 12.1. The molecule has 0 saturated carbocycles. The van der Waals surface area contributed by atoms with Gasteiger partial charge >= 0.3 is 5.97 Å². The van der Waals surface area contributed by atoms with E-state index in [0.29, 0.717) is 5.57 Å². The fourth-order valence-electron chi connectivity index (χ4n) is 1.99. The van der Waals surface area contributed by atoms with Gasteiger partial charge in [0.05, 0.1) is 13.2 Å². The highest BCUT2D eigenvalue weighted by atomic mass is 16.5. The first-order chi connectivity index (χ1) is 7.60. The van der Waals surface area contributed by atoms with Crippen molar-refractivity contribution in [1.29, 1.82) is 0 Å². The van der Waals surface area contributed by atoms with E-state index in [1.165, 1.54) is 7.11 Å². The Kier molecular flexibility index (Phi) is 4.50. The fourth-order valence-corrected chi connectivity index (χ4v) is 1.99. The smallest absolute Gasteiger partial charge is 0.333 e. The third-order valence-corrected chi connectivity index (χ3v) is 2.87. The Morgan fingerprint density at radius 3 is 2.88 bits per heavy atom. The summed E-state index contributed by atoms with van der Waals surface area (Å²) < 4.78 is 4.54. The van der Waals surface area contributed by atoms with Gasteiger partial charge in [0.15, 0.2) is 0 Å². The van der Waals surface area contributed by atoms with Crippen molar-refractivity contribution in [1.82, 2.24) is 0 Å². The minimum Gasteiger partial charge on any atom is -0.466 e. The maximum Gasteiger partial charge on any atom is 0.333 e. The summed E-state index contributed by atoms with van der Waals surface area (Å²) in [6.07, 6.45) is 4.25. The summed E-state index contributed by atoms with van der Waals surface area (Å²) in [7, 11) is 1.31. The van der Waals surface area contributed by atoms with E-state index < -0.39 is 12.1 Å². The number of hydrogen-bond acceptors (Lipinski definition) is 3. The predicted molar refractivity (Wildman–Crippen MR) is 62.9 cm³/mol. The van der Waals surface area contributed by atoms with E-state index in [4.69, 9.17) is 0 Å². The zero-order valence-corrected chi connectivity index (χ0v) is 9.66. The molecule has 0 aromatic heterocycles. The van der Waals surface area contributed by atoms with Gasteiger partial charge in [0.25, 0.3) is 0 Å². The van der Waals surface area contributed by atoms with Crippen LogP contribution >= 0.6 is 0 Å². The predicted octanol–water partition coefficient (Wildman–Crippen LogP) is 2.13. The normalized spacial score (nSPS) is 17.1. The molecule has 88 valence electrons. The molecule has 3 heteroatoms. The van der Waals surface area contributed by atoms with Crippen molar-refractivity contribution in [2.45, 2.75) is 31.8 Å². The Labute approximate surface area is 96.1 Å². The van der Waals surface area contributed by atoms with E-state index in [9.17, 15) is 9.90 Å². The second kappa shape index (κ2) is 5.66. The van der Waals surface area contributed by atoms with Crippen LogP contribution in [0.3, 0.4) is 0 Å². The molecule has 1 atom stereocenters. The number of rotatable bonds is 5. The lowest BCUT2D eigenvalue weighted by atomic mass is 9.99. The molecule has 0 radical (unpaired) electrons. The number of aliphatic hydroxyl groups excluding tert-OH is 1. The molecule has 0 fully saturated rings. The summed E-state index contributed by atoms with van der Waals surface area (Å²) in [5.74, 6) is -0.460. The highest BCUT2D eigenvalue weighted by Crippen LogP contribution is 2.31. The van der Waals surface area contributed by atoms with E-state index in [-0.39, 0.29) is 6.42 Å². The number of carbonyl (C=O) groups is 1. The molecule has 0 bridgehead atoms. The van der Waals surface area contributed by atoms with E-state index in [1.807, 2.05) is 0 Å². The van der Waals surface area contributed by atoms with E-state index in [1.54, 1.807) is 6.08 Å². The van der Waals surface area contributed by atoms with Crippen molar-refractivity contribution in [3.05, 3.63) is 36.0 Å². The number of hydrogen-bond donors (Lipinski definition) is 1. The van der Waals surface area contributed by atoms with Crippen molar-refractivity contribution in [2.75, 3.05) is 7.11 Å². The molecule has 0 amide bonds. The van der Waals surface area contributed by atoms with Crippen LogP contribution in [-0.2, 0) is 9.53 Å². The lowest BCUT2D eigenvalue weighted by Gasteiger charge is -2.14. The average Bonchev–Trinajstić information content (AvgIpc) is 2.75. The summed E-state index contributed by atoms with van der Waals surface area (Å²) >= 11 is 0. The first-order valence-corrected chi connectivity index (χ1v) is 5.38. The standard InChI is InChI=1S/C13H18O3/c1-4-10-6-5-7-11(10)12(14)8-9(2)13(15)16-3/h4,12,14H,1-2,5-8H2,3H3. The van der Waals surface area contributed by atoms with Crippen molar-refractivity contribution < 1.29 is 14.6 Å². The van der Waals surface area contributed by atoms with Gasteiger partial charge in [-0.05, 0) is 30.4 Å². The summed E-state index contributed by atoms with van der Waals surface area (Å²) in [6.45, 7) is 7.33. The molecule has 0 aromatic rings. The average molecular weight is 222 g/mol. The molecule has 0 spiro atoms. The third kappa shape index (κ3) is 2.83. The monoisotopic (exact) mass is 222 g/mol. The summed E-state index contributed by atoms with van der Waals surface area (Å²) in [5.41, 5.74) is 2.39. The number of carbonyl (C=O) groups excluding carboxylic acids is 1. The second-order valence-corrected chi connectivity index (χ2v) is 3.92. The lowest BCUT2D eigenvalue weighted by molar-refractivity contribution is -0.136. The van der Waals surface area contributed by atoms with Gasteiger partial charge in [-0.15, -0.1) is 0 Å². The van der Waals surface area contributed by atoms with Gasteiger partial charge in [-0.3, -0.25) is 0 Å². The molecule has 0 aliphatic heterocycles. The summed E-state index contributed by atoms with van der Waals surface area (Å²) in [5, 5.41) is 9.99. The summed E-state index contributed by atoms with van der Waals surface area (Å²) in [4.78, 5) is 11.1. The van der Waals surface area contributed by atoms with Crippen LogP contribution in [0.4, 0.5) is 0 Å². The molecular formula is C13H18O3. The minimum atomic E-state index is -0.637. The topological polar surface area (TPSA) is 46.5 Å². The molecule has 0 saturated heterocycles. The van der Waals surface area contributed by atoms with Crippen LogP contribution in [0.15, 0.2) is 36.0 Å². The number of methoxy groups -OCH3 is 1. The zero-order valence-electron chi connectivity index (χ0n) is 9.66. The number of allylic oxidation sites excluding steroid dienone is 2. The van der Waals surface area contributed by atoms with Gasteiger partial charge in [0.2, 0.25) is 0 Å². The highest BCUT2D eigenvalue weighted by molar-refractivity contribution is 5.87. The highest BCUT2D eigenvalue weighted by Gasteiger charge is 2.21. The van der Waals surface area contributed by atoms with Crippen molar-refractivity contribution in [3.8, 4) is 0 Å². The molecular weight excluding hydrogens is 204 g/mol. The van der Waals surface area contributed by atoms with E-state index in [0.717, 1.165) is 30.4 Å². The fraction of sp³-hybridized carbons (Fsp3) is 0.462. The minimum absolute atomic E-state index is 0.235. The van der Waals surface area contributed by atoms with Crippen molar-refractivity contribution in [3.63, 3.8) is 0 Å².